The molecule has 0 radical (unpaired) electrons. The Labute approximate surface area is 122 Å². The molecule has 0 unspecified atom stereocenters. The van der Waals surface area contributed by atoms with E-state index in [0.717, 1.165) is 25.9 Å². The van der Waals surface area contributed by atoms with E-state index in [-0.39, 0.29) is 5.91 Å². The van der Waals surface area contributed by atoms with E-state index in [4.69, 9.17) is 0 Å². The van der Waals surface area contributed by atoms with Crippen molar-refractivity contribution in [2.24, 2.45) is 0 Å². The molecular formula is C17H26N2O. The van der Waals surface area contributed by atoms with E-state index in [9.17, 15) is 4.79 Å². The molecule has 0 atom stereocenters. The van der Waals surface area contributed by atoms with E-state index in [1.807, 2.05) is 0 Å². The van der Waals surface area contributed by atoms with Crippen LogP contribution in [0.5, 0.6) is 0 Å². The van der Waals surface area contributed by atoms with Crippen molar-refractivity contribution in [2.75, 3.05) is 18.0 Å². The molecule has 0 saturated heterocycles. The summed E-state index contributed by atoms with van der Waals surface area (Å²) >= 11 is 0. The molecule has 1 aliphatic carbocycles. The Morgan fingerprint density at radius 2 is 2.10 bits per heavy atom. The summed E-state index contributed by atoms with van der Waals surface area (Å²) in [7, 11) is 0. The van der Waals surface area contributed by atoms with Gasteiger partial charge < -0.3 is 10.2 Å². The molecule has 1 amide bonds. The third-order valence-corrected chi connectivity index (χ3v) is 4.08. The third kappa shape index (κ3) is 4.26. The zero-order valence-corrected chi connectivity index (χ0v) is 12.7. The standard InChI is InChI=1S/C17H26N2O/c1-3-19(16-10-6-7-14(2)13-16)12-11-17(20)18-15-8-4-5-9-15/h6-7,10,13,15H,3-5,8-9,11-12H2,1-2H3,(H,18,20). The van der Waals surface area contributed by atoms with E-state index in [0.29, 0.717) is 12.5 Å². The molecule has 0 bridgehead atoms. The number of carbonyl (C=O) groups excluding carboxylic acids is 1. The smallest absolute Gasteiger partial charge is 0.221 e. The van der Waals surface area contributed by atoms with Crippen LogP contribution in [-0.2, 0) is 4.79 Å². The van der Waals surface area contributed by atoms with Crippen LogP contribution in [0, 0.1) is 6.92 Å². The largest absolute Gasteiger partial charge is 0.371 e. The SMILES string of the molecule is CCN(CCC(=O)NC1CCCC1)c1cccc(C)c1. The Kier molecular flexibility index (Phi) is 5.45. The van der Waals surface area contributed by atoms with Crippen LogP contribution < -0.4 is 10.2 Å². The van der Waals surface area contributed by atoms with Gasteiger partial charge in [-0.2, -0.15) is 0 Å². The first-order valence-electron chi connectivity index (χ1n) is 7.80. The number of anilines is 1. The first-order chi connectivity index (χ1) is 9.69. The summed E-state index contributed by atoms with van der Waals surface area (Å²) < 4.78 is 0. The lowest BCUT2D eigenvalue weighted by molar-refractivity contribution is -0.121. The van der Waals surface area contributed by atoms with Gasteiger partial charge in [-0.3, -0.25) is 4.79 Å². The topological polar surface area (TPSA) is 32.3 Å². The summed E-state index contributed by atoms with van der Waals surface area (Å²) in [6.07, 6.45) is 5.41. The minimum absolute atomic E-state index is 0.197. The third-order valence-electron chi connectivity index (χ3n) is 4.08. The lowest BCUT2D eigenvalue weighted by Crippen LogP contribution is -2.35. The molecule has 0 aromatic heterocycles. The first-order valence-corrected chi connectivity index (χ1v) is 7.80. The molecule has 110 valence electrons. The Hall–Kier alpha value is -1.51. The van der Waals surface area contributed by atoms with E-state index in [1.54, 1.807) is 0 Å². The lowest BCUT2D eigenvalue weighted by Gasteiger charge is -2.23. The minimum atomic E-state index is 0.197. The van der Waals surface area contributed by atoms with Gasteiger partial charge in [-0.1, -0.05) is 25.0 Å². The maximum atomic E-state index is 12.0. The number of hydrogen-bond acceptors (Lipinski definition) is 2. The van der Waals surface area contributed by atoms with Gasteiger partial charge in [0.05, 0.1) is 0 Å². The Bertz CT molecular complexity index is 438. The average molecular weight is 274 g/mol. The number of nitrogens with zero attached hydrogens (tertiary/aromatic N) is 1. The molecule has 0 heterocycles. The number of benzene rings is 1. The van der Waals surface area contributed by atoms with E-state index in [2.05, 4.69) is 48.3 Å². The van der Waals surface area contributed by atoms with Crippen molar-refractivity contribution < 1.29 is 4.79 Å². The normalized spacial score (nSPS) is 15.3. The quantitative estimate of drug-likeness (QED) is 0.863. The summed E-state index contributed by atoms with van der Waals surface area (Å²) in [4.78, 5) is 14.2. The molecule has 1 saturated carbocycles. The summed E-state index contributed by atoms with van der Waals surface area (Å²) in [6.45, 7) is 5.96. The van der Waals surface area contributed by atoms with E-state index in [1.165, 1.54) is 24.1 Å². The lowest BCUT2D eigenvalue weighted by atomic mass is 10.2. The number of hydrogen-bond donors (Lipinski definition) is 1. The van der Waals surface area contributed by atoms with Gasteiger partial charge in [0.1, 0.15) is 0 Å². The molecule has 1 fully saturated rings. The zero-order valence-electron chi connectivity index (χ0n) is 12.7. The molecule has 1 aromatic rings. The van der Waals surface area contributed by atoms with Gasteiger partial charge in [0.25, 0.3) is 0 Å². The molecular weight excluding hydrogens is 248 g/mol. The van der Waals surface area contributed by atoms with Gasteiger partial charge in [-0.05, 0) is 44.4 Å². The highest BCUT2D eigenvalue weighted by molar-refractivity contribution is 5.77. The number of carbonyl (C=O) groups is 1. The van der Waals surface area contributed by atoms with Crippen molar-refractivity contribution in [3.63, 3.8) is 0 Å². The molecule has 20 heavy (non-hydrogen) atoms. The molecule has 2 rings (SSSR count). The highest BCUT2D eigenvalue weighted by atomic mass is 16.1. The van der Waals surface area contributed by atoms with Crippen LogP contribution in [0.25, 0.3) is 0 Å². The van der Waals surface area contributed by atoms with Gasteiger partial charge in [0.2, 0.25) is 5.91 Å². The molecule has 3 heteroatoms. The Morgan fingerprint density at radius 3 is 2.75 bits per heavy atom. The van der Waals surface area contributed by atoms with Crippen LogP contribution >= 0.6 is 0 Å². The van der Waals surface area contributed by atoms with Crippen molar-refractivity contribution in [2.45, 2.75) is 52.0 Å². The summed E-state index contributed by atoms with van der Waals surface area (Å²) in [5.74, 6) is 0.197. The highest BCUT2D eigenvalue weighted by Crippen LogP contribution is 2.18. The molecule has 1 N–H and O–H groups in total. The van der Waals surface area contributed by atoms with Crippen LogP contribution in [0.2, 0.25) is 0 Å². The number of amides is 1. The van der Waals surface area contributed by atoms with Gasteiger partial charge in [-0.15, -0.1) is 0 Å². The molecule has 1 aliphatic rings. The van der Waals surface area contributed by atoms with Gasteiger partial charge in [-0.25, -0.2) is 0 Å². The zero-order chi connectivity index (χ0) is 14.4. The maximum Gasteiger partial charge on any atom is 0.221 e. The molecule has 3 nitrogen and oxygen atoms in total. The van der Waals surface area contributed by atoms with Gasteiger partial charge in [0.15, 0.2) is 0 Å². The van der Waals surface area contributed by atoms with Crippen LogP contribution in [-0.4, -0.2) is 25.0 Å². The second-order valence-corrected chi connectivity index (χ2v) is 5.72. The second-order valence-electron chi connectivity index (χ2n) is 5.72. The van der Waals surface area contributed by atoms with Crippen LogP contribution in [0.4, 0.5) is 5.69 Å². The van der Waals surface area contributed by atoms with Crippen LogP contribution in [0.15, 0.2) is 24.3 Å². The molecule has 0 spiro atoms. The Morgan fingerprint density at radius 1 is 1.35 bits per heavy atom. The van der Waals surface area contributed by atoms with Gasteiger partial charge in [0, 0.05) is 31.2 Å². The van der Waals surface area contributed by atoms with E-state index >= 15 is 0 Å². The van der Waals surface area contributed by atoms with Crippen molar-refractivity contribution in [3.8, 4) is 0 Å². The average Bonchev–Trinajstić information content (AvgIpc) is 2.92. The van der Waals surface area contributed by atoms with Crippen molar-refractivity contribution in [1.82, 2.24) is 5.32 Å². The number of rotatable bonds is 6. The molecule has 1 aromatic carbocycles. The van der Waals surface area contributed by atoms with Crippen LogP contribution in [0.3, 0.4) is 0 Å². The first kappa shape index (κ1) is 14.9. The van der Waals surface area contributed by atoms with Crippen molar-refractivity contribution in [3.05, 3.63) is 29.8 Å². The predicted octanol–water partition coefficient (Wildman–Crippen LogP) is 3.27. The van der Waals surface area contributed by atoms with Crippen molar-refractivity contribution >= 4 is 11.6 Å². The number of nitrogens with one attached hydrogen (secondary N) is 1. The van der Waals surface area contributed by atoms with Crippen molar-refractivity contribution in [1.29, 1.82) is 0 Å². The monoisotopic (exact) mass is 274 g/mol. The summed E-state index contributed by atoms with van der Waals surface area (Å²) in [6, 6.07) is 8.90. The predicted molar refractivity (Wildman–Crippen MR) is 84.1 cm³/mol. The van der Waals surface area contributed by atoms with Gasteiger partial charge >= 0.3 is 0 Å². The maximum absolute atomic E-state index is 12.0. The second kappa shape index (κ2) is 7.32. The van der Waals surface area contributed by atoms with E-state index < -0.39 is 0 Å². The number of aryl methyl sites for hydroxylation is 1. The van der Waals surface area contributed by atoms with Crippen LogP contribution in [0.1, 0.15) is 44.6 Å². The Balaban J connectivity index is 1.82. The fraction of sp³-hybridized carbons (Fsp3) is 0.588. The molecule has 0 aliphatic heterocycles. The fourth-order valence-corrected chi connectivity index (χ4v) is 2.90. The summed E-state index contributed by atoms with van der Waals surface area (Å²) in [5, 5.41) is 3.16. The summed E-state index contributed by atoms with van der Waals surface area (Å²) in [5.41, 5.74) is 2.47. The fourth-order valence-electron chi connectivity index (χ4n) is 2.90. The minimum Gasteiger partial charge on any atom is -0.371 e. The highest BCUT2D eigenvalue weighted by Gasteiger charge is 2.17.